The molecule has 1 aliphatic rings. The smallest absolute Gasteiger partial charge is 0.251 e. The van der Waals surface area contributed by atoms with E-state index in [9.17, 15) is 4.79 Å². The van der Waals surface area contributed by atoms with Gasteiger partial charge in [-0.15, -0.1) is 24.0 Å². The highest BCUT2D eigenvalue weighted by Gasteiger charge is 2.16. The third kappa shape index (κ3) is 7.91. The summed E-state index contributed by atoms with van der Waals surface area (Å²) in [7, 11) is 1.74. The molecule has 0 bridgehead atoms. The summed E-state index contributed by atoms with van der Waals surface area (Å²) in [6.45, 7) is 2.67. The molecule has 1 aliphatic heterocycles. The number of pyridine rings is 1. The van der Waals surface area contributed by atoms with Crippen LogP contribution in [0.4, 0.5) is 0 Å². The van der Waals surface area contributed by atoms with Crippen molar-refractivity contribution in [3.63, 3.8) is 0 Å². The number of carbonyl (C=O) groups excluding carboxylic acids is 1. The number of aromatic nitrogens is 1. The molecule has 1 aromatic carbocycles. The third-order valence-corrected chi connectivity index (χ3v) is 4.79. The quantitative estimate of drug-likeness (QED) is 0.281. The summed E-state index contributed by atoms with van der Waals surface area (Å²) in [4.78, 5) is 21.0. The Bertz CT molecular complexity index is 810. The highest BCUT2D eigenvalue weighted by Crippen LogP contribution is 2.11. The first-order valence-corrected chi connectivity index (χ1v) is 10.1. The van der Waals surface area contributed by atoms with Crippen molar-refractivity contribution in [1.29, 1.82) is 0 Å². The average molecular weight is 523 g/mol. The Labute approximate surface area is 195 Å². The minimum atomic E-state index is -0.0692. The maximum absolute atomic E-state index is 12.4. The van der Waals surface area contributed by atoms with E-state index in [0.717, 1.165) is 43.7 Å². The third-order valence-electron chi connectivity index (χ3n) is 4.79. The van der Waals surface area contributed by atoms with Crippen LogP contribution in [0.3, 0.4) is 0 Å². The monoisotopic (exact) mass is 523 g/mol. The van der Waals surface area contributed by atoms with E-state index in [4.69, 9.17) is 4.74 Å². The number of aliphatic imine (C=N–C) groups is 1. The molecular weight excluding hydrogens is 493 g/mol. The minimum Gasteiger partial charge on any atom is -0.376 e. The van der Waals surface area contributed by atoms with Gasteiger partial charge in [0.2, 0.25) is 0 Å². The summed E-state index contributed by atoms with van der Waals surface area (Å²) < 4.78 is 5.55. The molecule has 1 amide bonds. The fourth-order valence-corrected chi connectivity index (χ4v) is 3.20. The summed E-state index contributed by atoms with van der Waals surface area (Å²) in [5.41, 5.74) is 2.71. The van der Waals surface area contributed by atoms with Crippen molar-refractivity contribution in [3.05, 3.63) is 65.5 Å². The first-order valence-electron chi connectivity index (χ1n) is 10.1. The van der Waals surface area contributed by atoms with E-state index < -0.39 is 0 Å². The van der Waals surface area contributed by atoms with Gasteiger partial charge in [-0.05, 0) is 42.7 Å². The van der Waals surface area contributed by atoms with Gasteiger partial charge in [-0.2, -0.15) is 0 Å². The number of hydrogen-bond donors (Lipinski definition) is 3. The Hall–Kier alpha value is -2.20. The fourth-order valence-electron chi connectivity index (χ4n) is 3.20. The van der Waals surface area contributed by atoms with Crippen LogP contribution in [-0.4, -0.2) is 49.7 Å². The van der Waals surface area contributed by atoms with Gasteiger partial charge < -0.3 is 20.7 Å². The molecule has 2 heterocycles. The summed E-state index contributed by atoms with van der Waals surface area (Å²) in [6, 6.07) is 13.5. The molecule has 0 saturated carbocycles. The molecule has 2 aromatic rings. The molecule has 0 aliphatic carbocycles. The van der Waals surface area contributed by atoms with Crippen molar-refractivity contribution in [2.45, 2.75) is 31.9 Å². The highest BCUT2D eigenvalue weighted by molar-refractivity contribution is 14.0. The van der Waals surface area contributed by atoms with Crippen LogP contribution in [0.15, 0.2) is 53.7 Å². The normalized spacial score (nSPS) is 15.9. The topological polar surface area (TPSA) is 87.6 Å². The Morgan fingerprint density at radius 3 is 2.83 bits per heavy atom. The number of rotatable bonds is 8. The van der Waals surface area contributed by atoms with Crippen LogP contribution in [0.25, 0.3) is 0 Å². The predicted molar refractivity (Wildman–Crippen MR) is 129 cm³/mol. The van der Waals surface area contributed by atoms with Crippen LogP contribution in [0.2, 0.25) is 0 Å². The number of guanidine groups is 1. The molecule has 0 radical (unpaired) electrons. The molecule has 3 rings (SSSR count). The number of nitrogens with one attached hydrogen (secondary N) is 3. The van der Waals surface area contributed by atoms with Gasteiger partial charge in [0.15, 0.2) is 5.96 Å². The molecule has 1 saturated heterocycles. The zero-order chi connectivity index (χ0) is 20.3. The van der Waals surface area contributed by atoms with Gasteiger partial charge in [0.25, 0.3) is 5.91 Å². The largest absolute Gasteiger partial charge is 0.376 e. The van der Waals surface area contributed by atoms with Gasteiger partial charge >= 0.3 is 0 Å². The average Bonchev–Trinajstić information content (AvgIpc) is 3.29. The van der Waals surface area contributed by atoms with Gasteiger partial charge in [0.1, 0.15) is 0 Å². The van der Waals surface area contributed by atoms with Crippen molar-refractivity contribution in [2.24, 2.45) is 4.99 Å². The van der Waals surface area contributed by atoms with Crippen molar-refractivity contribution in [1.82, 2.24) is 20.9 Å². The van der Waals surface area contributed by atoms with E-state index in [1.807, 2.05) is 42.5 Å². The second kappa shape index (κ2) is 13.2. The Balaban J connectivity index is 0.00000320. The van der Waals surface area contributed by atoms with Crippen molar-refractivity contribution >= 4 is 35.8 Å². The van der Waals surface area contributed by atoms with Crippen LogP contribution in [0, 0.1) is 0 Å². The van der Waals surface area contributed by atoms with Gasteiger partial charge in [-0.25, -0.2) is 0 Å². The zero-order valence-corrected chi connectivity index (χ0v) is 19.6. The van der Waals surface area contributed by atoms with Crippen LogP contribution < -0.4 is 16.0 Å². The van der Waals surface area contributed by atoms with Gasteiger partial charge in [0, 0.05) is 57.2 Å². The molecule has 0 spiro atoms. The molecule has 3 N–H and O–H groups in total. The number of ether oxygens (including phenoxy) is 1. The van der Waals surface area contributed by atoms with Crippen molar-refractivity contribution in [2.75, 3.05) is 26.7 Å². The van der Waals surface area contributed by atoms with Crippen LogP contribution in [0.1, 0.15) is 34.5 Å². The lowest BCUT2D eigenvalue weighted by Crippen LogP contribution is -2.38. The second-order valence-electron chi connectivity index (χ2n) is 6.97. The summed E-state index contributed by atoms with van der Waals surface area (Å²) >= 11 is 0. The first kappa shape index (κ1) is 24.1. The number of halogens is 1. The van der Waals surface area contributed by atoms with Gasteiger partial charge in [-0.1, -0.05) is 18.2 Å². The molecule has 1 unspecified atom stereocenters. The summed E-state index contributed by atoms with van der Waals surface area (Å²) in [5.74, 6) is 0.648. The fraction of sp³-hybridized carbons (Fsp3) is 0.409. The molecule has 162 valence electrons. The van der Waals surface area contributed by atoms with E-state index in [2.05, 4.69) is 25.9 Å². The maximum atomic E-state index is 12.4. The van der Waals surface area contributed by atoms with E-state index in [1.54, 1.807) is 13.2 Å². The van der Waals surface area contributed by atoms with Crippen LogP contribution in [0.5, 0.6) is 0 Å². The number of amides is 1. The van der Waals surface area contributed by atoms with E-state index in [-0.39, 0.29) is 36.0 Å². The number of hydrogen-bond acceptors (Lipinski definition) is 4. The SMILES string of the molecule is CN=C(NCCc1ccccn1)NCc1cccc(C(=O)NCC2CCCO2)c1.I. The number of nitrogens with zero attached hydrogens (tertiary/aromatic N) is 2. The maximum Gasteiger partial charge on any atom is 0.251 e. The zero-order valence-electron chi connectivity index (χ0n) is 17.3. The lowest BCUT2D eigenvalue weighted by atomic mass is 10.1. The first-order chi connectivity index (χ1) is 14.2. The van der Waals surface area contributed by atoms with Crippen LogP contribution >= 0.6 is 24.0 Å². The molecule has 30 heavy (non-hydrogen) atoms. The van der Waals surface area contributed by atoms with Crippen molar-refractivity contribution in [3.8, 4) is 0 Å². The number of carbonyl (C=O) groups is 1. The Kier molecular flexibility index (Phi) is 10.6. The predicted octanol–water partition coefficient (Wildman–Crippen LogP) is 2.52. The molecule has 7 nitrogen and oxygen atoms in total. The van der Waals surface area contributed by atoms with Crippen molar-refractivity contribution < 1.29 is 9.53 Å². The van der Waals surface area contributed by atoms with E-state index >= 15 is 0 Å². The molecule has 1 fully saturated rings. The molecule has 1 atom stereocenters. The van der Waals surface area contributed by atoms with Crippen LogP contribution in [-0.2, 0) is 17.7 Å². The standard InChI is InChI=1S/C22H29N5O2.HI/c1-23-22(25-12-10-19-8-2-3-11-24-19)27-15-17-6-4-7-18(14-17)21(28)26-16-20-9-5-13-29-20;/h2-4,6-8,11,14,20H,5,9-10,12-13,15-16H2,1H3,(H,26,28)(H2,23,25,27);1H. The second-order valence-corrected chi connectivity index (χ2v) is 6.97. The lowest BCUT2D eigenvalue weighted by Gasteiger charge is -2.13. The Morgan fingerprint density at radius 2 is 2.10 bits per heavy atom. The van der Waals surface area contributed by atoms with Gasteiger partial charge in [0.05, 0.1) is 6.10 Å². The van der Waals surface area contributed by atoms with E-state index in [0.29, 0.717) is 24.6 Å². The minimum absolute atomic E-state index is 0. The summed E-state index contributed by atoms with van der Waals surface area (Å²) in [5, 5.41) is 9.53. The summed E-state index contributed by atoms with van der Waals surface area (Å²) in [6.07, 6.45) is 4.84. The molecule has 8 heteroatoms. The Morgan fingerprint density at radius 1 is 1.20 bits per heavy atom. The number of benzene rings is 1. The lowest BCUT2D eigenvalue weighted by molar-refractivity contribution is 0.0857. The van der Waals surface area contributed by atoms with Gasteiger partial charge in [-0.3, -0.25) is 14.8 Å². The highest BCUT2D eigenvalue weighted by atomic mass is 127. The molecular formula is C22H30IN5O2. The van der Waals surface area contributed by atoms with E-state index in [1.165, 1.54) is 0 Å². The molecule has 1 aromatic heterocycles.